The topological polar surface area (TPSA) is 54.0 Å². The van der Waals surface area contributed by atoms with Gasteiger partial charge in [-0.1, -0.05) is 48.6 Å². The van der Waals surface area contributed by atoms with E-state index in [2.05, 4.69) is 22.4 Å². The Balaban J connectivity index is 1.30. The van der Waals surface area contributed by atoms with Crippen molar-refractivity contribution in [2.75, 3.05) is 33.9 Å². The average molecular weight is 548 g/mol. The molecule has 6 nitrogen and oxygen atoms in total. The van der Waals surface area contributed by atoms with Crippen molar-refractivity contribution < 1.29 is 23.0 Å². The summed E-state index contributed by atoms with van der Waals surface area (Å²) in [6.07, 6.45) is 5.55. The number of halogens is 2. The number of carbonyl (C=O) groups excluding carboxylic acids is 1. The van der Waals surface area contributed by atoms with Crippen LogP contribution in [-0.2, 0) is 24.3 Å². The molecule has 1 fully saturated rings. The molecule has 0 radical (unpaired) electrons. The number of ether oxygens (including phenoxy) is 2. The summed E-state index contributed by atoms with van der Waals surface area (Å²) in [4.78, 5) is 18.1. The van der Waals surface area contributed by atoms with Crippen LogP contribution in [0, 0.1) is 11.6 Å². The predicted molar refractivity (Wildman–Crippen MR) is 151 cm³/mol. The quantitative estimate of drug-likeness (QED) is 0.417. The fraction of sp³-hybridized carbons (Fsp3) is 0.344. The van der Waals surface area contributed by atoms with Gasteiger partial charge in [-0.25, -0.2) is 8.78 Å². The van der Waals surface area contributed by atoms with E-state index in [4.69, 9.17) is 9.47 Å². The fourth-order valence-electron chi connectivity index (χ4n) is 5.59. The number of nitrogens with one attached hydrogen (secondary N) is 1. The Hall–Kier alpha value is -3.75. The Morgan fingerprint density at radius 1 is 1.00 bits per heavy atom. The third-order valence-electron chi connectivity index (χ3n) is 7.75. The summed E-state index contributed by atoms with van der Waals surface area (Å²) in [7, 11) is 3.24. The van der Waals surface area contributed by atoms with Gasteiger partial charge < -0.3 is 19.7 Å². The Morgan fingerprint density at radius 3 is 2.48 bits per heavy atom. The minimum atomic E-state index is -0.856. The van der Waals surface area contributed by atoms with Gasteiger partial charge in [0, 0.05) is 38.8 Å². The third kappa shape index (κ3) is 6.35. The third-order valence-corrected chi connectivity index (χ3v) is 7.75. The van der Waals surface area contributed by atoms with Crippen LogP contribution < -0.4 is 14.8 Å². The molecule has 3 aromatic carbocycles. The van der Waals surface area contributed by atoms with Gasteiger partial charge in [-0.3, -0.25) is 9.69 Å². The number of likely N-dealkylation sites (tertiary alicyclic amines) is 1. The van der Waals surface area contributed by atoms with E-state index in [0.29, 0.717) is 56.2 Å². The van der Waals surface area contributed by atoms with Gasteiger partial charge in [0.25, 0.3) is 0 Å². The number of carbonyl (C=O) groups is 1. The summed E-state index contributed by atoms with van der Waals surface area (Å²) in [6, 6.07) is 17.7. The first-order valence-electron chi connectivity index (χ1n) is 13.6. The average Bonchev–Trinajstić information content (AvgIpc) is 3.39. The van der Waals surface area contributed by atoms with E-state index in [1.54, 1.807) is 20.3 Å². The highest BCUT2D eigenvalue weighted by Gasteiger charge is 2.39. The molecule has 3 aromatic rings. The van der Waals surface area contributed by atoms with Crippen LogP contribution >= 0.6 is 0 Å². The van der Waals surface area contributed by atoms with Crippen LogP contribution in [0.2, 0.25) is 0 Å². The normalized spacial score (nSPS) is 19.1. The molecule has 2 aliphatic rings. The summed E-state index contributed by atoms with van der Waals surface area (Å²) < 4.78 is 38.0. The molecule has 8 heteroatoms. The second-order valence-corrected chi connectivity index (χ2v) is 10.3. The van der Waals surface area contributed by atoms with Gasteiger partial charge in [-0.15, -0.1) is 0 Å². The Morgan fingerprint density at radius 2 is 1.75 bits per heavy atom. The standard InChI is InChI=1S/C32H35F2N3O3/c1-39-30-16-24-12-14-37(20-25(24)17-31(30)40-2)32(38)29-18-26(35-19-23-10-11-27(33)28(34)15-23)21-36(29)13-6-9-22-7-4-3-5-8-22/h3-11,15-17,26,29,35H,12-14,18-21H2,1-2H3/t26-,29+/m1/s1. The summed E-state index contributed by atoms with van der Waals surface area (Å²) in [6.45, 7) is 2.86. The van der Waals surface area contributed by atoms with Crippen molar-refractivity contribution in [2.24, 2.45) is 0 Å². The number of methoxy groups -OCH3 is 2. The molecule has 210 valence electrons. The van der Waals surface area contributed by atoms with Crippen molar-refractivity contribution in [3.05, 3.63) is 101 Å². The molecule has 0 spiro atoms. The molecule has 0 unspecified atom stereocenters. The van der Waals surface area contributed by atoms with Gasteiger partial charge in [0.2, 0.25) is 5.91 Å². The summed E-state index contributed by atoms with van der Waals surface area (Å²) in [5.41, 5.74) is 4.01. The molecule has 0 aromatic heterocycles. The van der Waals surface area contributed by atoms with E-state index in [9.17, 15) is 13.6 Å². The van der Waals surface area contributed by atoms with Crippen molar-refractivity contribution in [1.29, 1.82) is 0 Å². The van der Waals surface area contributed by atoms with Gasteiger partial charge in [0.15, 0.2) is 23.1 Å². The molecular formula is C32H35F2N3O3. The summed E-state index contributed by atoms with van der Waals surface area (Å²) in [5.74, 6) is -0.253. The van der Waals surface area contributed by atoms with E-state index in [1.807, 2.05) is 47.4 Å². The lowest BCUT2D eigenvalue weighted by atomic mass is 9.98. The van der Waals surface area contributed by atoms with Crippen LogP contribution in [0.3, 0.4) is 0 Å². The van der Waals surface area contributed by atoms with E-state index in [0.717, 1.165) is 23.6 Å². The Kier molecular flexibility index (Phi) is 8.77. The molecule has 1 amide bonds. The first kappa shape index (κ1) is 27.8. The molecule has 2 aliphatic heterocycles. The van der Waals surface area contributed by atoms with Crippen molar-refractivity contribution >= 4 is 12.0 Å². The van der Waals surface area contributed by atoms with Crippen LogP contribution in [0.5, 0.6) is 11.5 Å². The number of amides is 1. The molecule has 0 aliphatic carbocycles. The van der Waals surface area contributed by atoms with E-state index < -0.39 is 11.6 Å². The lowest BCUT2D eigenvalue weighted by molar-refractivity contribution is -0.136. The van der Waals surface area contributed by atoms with Crippen LogP contribution in [0.1, 0.15) is 28.7 Å². The summed E-state index contributed by atoms with van der Waals surface area (Å²) in [5, 5.41) is 3.46. The highest BCUT2D eigenvalue weighted by molar-refractivity contribution is 5.83. The lowest BCUT2D eigenvalue weighted by Crippen LogP contribution is -2.47. The first-order valence-corrected chi connectivity index (χ1v) is 13.6. The highest BCUT2D eigenvalue weighted by Crippen LogP contribution is 2.34. The monoisotopic (exact) mass is 547 g/mol. The second-order valence-electron chi connectivity index (χ2n) is 10.3. The maximum absolute atomic E-state index is 13.9. The molecule has 1 saturated heterocycles. The number of nitrogens with zero attached hydrogens (tertiary/aromatic N) is 2. The molecule has 40 heavy (non-hydrogen) atoms. The van der Waals surface area contributed by atoms with Crippen molar-refractivity contribution in [3.63, 3.8) is 0 Å². The predicted octanol–water partition coefficient (Wildman–Crippen LogP) is 4.81. The number of hydrogen-bond acceptors (Lipinski definition) is 5. The lowest BCUT2D eigenvalue weighted by Gasteiger charge is -2.33. The fourth-order valence-corrected chi connectivity index (χ4v) is 5.59. The van der Waals surface area contributed by atoms with Crippen molar-refractivity contribution in [2.45, 2.75) is 38.0 Å². The zero-order valence-electron chi connectivity index (χ0n) is 22.9. The van der Waals surface area contributed by atoms with Crippen LogP contribution in [0.25, 0.3) is 6.08 Å². The van der Waals surface area contributed by atoms with Crippen LogP contribution in [0.4, 0.5) is 8.78 Å². The Labute approximate surface area is 234 Å². The van der Waals surface area contributed by atoms with E-state index in [1.165, 1.54) is 11.6 Å². The van der Waals surface area contributed by atoms with Gasteiger partial charge in [0.1, 0.15) is 0 Å². The molecule has 0 bridgehead atoms. The van der Waals surface area contributed by atoms with E-state index in [-0.39, 0.29) is 18.0 Å². The molecule has 5 rings (SSSR count). The number of fused-ring (bicyclic) bond motifs is 1. The molecular weight excluding hydrogens is 512 g/mol. The zero-order valence-corrected chi connectivity index (χ0v) is 22.9. The van der Waals surface area contributed by atoms with Crippen molar-refractivity contribution in [1.82, 2.24) is 15.1 Å². The first-order chi connectivity index (χ1) is 19.4. The number of rotatable bonds is 9. The number of hydrogen-bond donors (Lipinski definition) is 1. The number of benzene rings is 3. The van der Waals surface area contributed by atoms with E-state index >= 15 is 0 Å². The van der Waals surface area contributed by atoms with Gasteiger partial charge in [0.05, 0.1) is 20.3 Å². The highest BCUT2D eigenvalue weighted by atomic mass is 19.2. The zero-order chi connectivity index (χ0) is 28.1. The molecule has 2 heterocycles. The summed E-state index contributed by atoms with van der Waals surface area (Å²) >= 11 is 0. The molecule has 0 saturated carbocycles. The Bertz CT molecular complexity index is 1370. The minimum absolute atomic E-state index is 0.0358. The maximum Gasteiger partial charge on any atom is 0.240 e. The molecule has 2 atom stereocenters. The van der Waals surface area contributed by atoms with Gasteiger partial charge in [-0.05, 0) is 59.4 Å². The van der Waals surface area contributed by atoms with Crippen LogP contribution in [0.15, 0.2) is 66.7 Å². The maximum atomic E-state index is 13.9. The smallest absolute Gasteiger partial charge is 0.240 e. The van der Waals surface area contributed by atoms with Gasteiger partial charge >= 0.3 is 0 Å². The van der Waals surface area contributed by atoms with Gasteiger partial charge in [-0.2, -0.15) is 0 Å². The molecule has 1 N–H and O–H groups in total. The SMILES string of the molecule is COc1cc2c(cc1OC)CN(C(=O)[C@@H]1C[C@@H](NCc3ccc(F)c(F)c3)CN1CC=Cc1ccccc1)CC2. The largest absolute Gasteiger partial charge is 0.493 e. The van der Waals surface area contributed by atoms with Crippen LogP contribution in [-0.4, -0.2) is 61.6 Å². The second kappa shape index (κ2) is 12.6. The minimum Gasteiger partial charge on any atom is -0.493 e. The van der Waals surface area contributed by atoms with Crippen molar-refractivity contribution in [3.8, 4) is 11.5 Å².